The lowest BCUT2D eigenvalue weighted by Gasteiger charge is -2.33. The molecule has 2 aliphatic heterocycles. The molecule has 0 saturated heterocycles. The highest BCUT2D eigenvalue weighted by Crippen LogP contribution is 2.41. The second-order valence-corrected chi connectivity index (χ2v) is 14.7. The normalized spacial score (nSPS) is 18.6. The summed E-state index contributed by atoms with van der Waals surface area (Å²) < 4.78 is 13.3. The fraction of sp³-hybridized carbons (Fsp3) is 0.366. The van der Waals surface area contributed by atoms with Crippen molar-refractivity contribution in [2.45, 2.75) is 77.3 Å². The highest BCUT2D eigenvalue weighted by Gasteiger charge is 2.49. The quantitative estimate of drug-likeness (QED) is 0.203. The molecular formula is C41H46N2O2. The number of benzene rings is 4. The van der Waals surface area contributed by atoms with Crippen molar-refractivity contribution < 1.29 is 9.47 Å². The van der Waals surface area contributed by atoms with E-state index in [1.807, 2.05) is 12.1 Å². The molecule has 0 radical (unpaired) electrons. The van der Waals surface area contributed by atoms with Gasteiger partial charge in [-0.2, -0.15) is 0 Å². The van der Waals surface area contributed by atoms with Crippen LogP contribution in [0.4, 0.5) is 0 Å². The monoisotopic (exact) mass is 598 g/mol. The van der Waals surface area contributed by atoms with Gasteiger partial charge in [-0.25, -0.2) is 9.98 Å². The van der Waals surface area contributed by atoms with Gasteiger partial charge in [-0.15, -0.1) is 0 Å². The maximum absolute atomic E-state index is 6.63. The van der Waals surface area contributed by atoms with E-state index in [1.165, 1.54) is 22.3 Å². The molecule has 4 aromatic rings. The Labute approximate surface area is 269 Å². The van der Waals surface area contributed by atoms with Gasteiger partial charge in [0.25, 0.3) is 0 Å². The Kier molecular flexibility index (Phi) is 8.43. The third-order valence-corrected chi connectivity index (χ3v) is 9.14. The van der Waals surface area contributed by atoms with Crippen LogP contribution in [0, 0.1) is 5.41 Å². The topological polar surface area (TPSA) is 43.2 Å². The molecule has 0 aliphatic carbocycles. The number of aliphatic imine (C=N–C) groups is 2. The number of nitrogens with zero attached hydrogens (tertiary/aromatic N) is 2. The van der Waals surface area contributed by atoms with Crippen molar-refractivity contribution >= 4 is 11.8 Å². The van der Waals surface area contributed by atoms with Gasteiger partial charge in [0.1, 0.15) is 30.7 Å². The van der Waals surface area contributed by atoms with Gasteiger partial charge in [0.05, 0.1) is 0 Å². The van der Waals surface area contributed by atoms with Crippen molar-refractivity contribution in [2.24, 2.45) is 15.4 Å². The maximum Gasteiger partial charge on any atom is 0.200 e. The largest absolute Gasteiger partial charge is 0.478 e. The van der Waals surface area contributed by atoms with Crippen LogP contribution < -0.4 is 0 Å². The summed E-state index contributed by atoms with van der Waals surface area (Å²) in [5.74, 6) is 1.42. The first kappa shape index (κ1) is 30.8. The Balaban J connectivity index is 1.48. The van der Waals surface area contributed by atoms with Gasteiger partial charge in [-0.1, -0.05) is 151 Å². The lowest BCUT2D eigenvalue weighted by Crippen LogP contribution is -2.44. The molecule has 45 heavy (non-hydrogen) atoms. The Morgan fingerprint density at radius 3 is 1.20 bits per heavy atom. The van der Waals surface area contributed by atoms with Gasteiger partial charge in [-0.05, 0) is 57.1 Å². The van der Waals surface area contributed by atoms with Crippen molar-refractivity contribution in [3.05, 3.63) is 143 Å². The summed E-state index contributed by atoms with van der Waals surface area (Å²) >= 11 is 0. The van der Waals surface area contributed by atoms with Gasteiger partial charge >= 0.3 is 0 Å². The minimum absolute atomic E-state index is 0.0703. The fourth-order valence-corrected chi connectivity index (χ4v) is 6.36. The zero-order valence-electron chi connectivity index (χ0n) is 27.6. The molecule has 2 heterocycles. The molecule has 6 rings (SSSR count). The van der Waals surface area contributed by atoms with Crippen LogP contribution in [0.25, 0.3) is 0 Å². The molecule has 0 spiro atoms. The van der Waals surface area contributed by atoms with Crippen LogP contribution in [-0.4, -0.2) is 25.0 Å². The standard InChI is InChI=1S/C41H46N2O2/c1-39(2,3)33-21-17-29(18-22-33)25-41(26-30-19-23-34(24-20-30)40(4,5)6,37-42-35(27-44-37)31-13-9-7-10-14-31)38-43-36(28-45-38)32-15-11-8-12-16-32/h7-24,35-36H,25-28H2,1-6H3. The summed E-state index contributed by atoms with van der Waals surface area (Å²) in [4.78, 5) is 10.6. The SMILES string of the molecule is CC(C)(C)c1ccc(CC(Cc2ccc(C(C)(C)C)cc2)(C2=NC(c3ccccc3)CO2)C2=NC(c3ccccc3)CO2)cc1. The summed E-state index contributed by atoms with van der Waals surface area (Å²) in [6.45, 7) is 14.5. The first-order chi connectivity index (χ1) is 21.5. The van der Waals surface area contributed by atoms with Gasteiger partial charge in [0, 0.05) is 0 Å². The summed E-state index contributed by atoms with van der Waals surface area (Å²) in [6, 6.07) is 38.8. The average molecular weight is 599 g/mol. The lowest BCUT2D eigenvalue weighted by atomic mass is 9.74. The third kappa shape index (κ3) is 6.76. The number of hydrogen-bond acceptors (Lipinski definition) is 4. The molecule has 0 bridgehead atoms. The van der Waals surface area contributed by atoms with Crippen molar-refractivity contribution in [2.75, 3.05) is 13.2 Å². The van der Waals surface area contributed by atoms with E-state index in [1.54, 1.807) is 0 Å². The van der Waals surface area contributed by atoms with E-state index in [2.05, 4.69) is 139 Å². The van der Waals surface area contributed by atoms with Crippen LogP contribution in [0.1, 0.15) is 87.0 Å². The summed E-state index contributed by atoms with van der Waals surface area (Å²) in [5.41, 5.74) is 6.79. The van der Waals surface area contributed by atoms with Crippen molar-refractivity contribution in [1.82, 2.24) is 0 Å². The van der Waals surface area contributed by atoms with E-state index in [9.17, 15) is 0 Å². The molecule has 2 aliphatic rings. The number of ether oxygens (including phenoxy) is 2. The van der Waals surface area contributed by atoms with Gasteiger partial charge < -0.3 is 9.47 Å². The van der Waals surface area contributed by atoms with Crippen LogP contribution in [0.2, 0.25) is 0 Å². The lowest BCUT2D eigenvalue weighted by molar-refractivity contribution is 0.249. The highest BCUT2D eigenvalue weighted by atomic mass is 16.5. The molecule has 232 valence electrons. The molecular weight excluding hydrogens is 552 g/mol. The highest BCUT2D eigenvalue weighted by molar-refractivity contribution is 6.07. The molecule has 2 unspecified atom stereocenters. The van der Waals surface area contributed by atoms with Gasteiger partial charge in [0.2, 0.25) is 11.8 Å². The fourth-order valence-electron chi connectivity index (χ4n) is 6.36. The Hall–Kier alpha value is -4.18. The third-order valence-electron chi connectivity index (χ3n) is 9.14. The number of rotatable bonds is 8. The van der Waals surface area contributed by atoms with Crippen LogP contribution in [-0.2, 0) is 33.1 Å². The minimum Gasteiger partial charge on any atom is -0.478 e. The Morgan fingerprint density at radius 2 is 0.867 bits per heavy atom. The molecule has 4 aromatic carbocycles. The molecule has 0 N–H and O–H groups in total. The van der Waals surface area contributed by atoms with Crippen LogP contribution in [0.5, 0.6) is 0 Å². The number of hydrogen-bond donors (Lipinski definition) is 0. The van der Waals surface area contributed by atoms with Crippen LogP contribution >= 0.6 is 0 Å². The molecule has 0 aromatic heterocycles. The maximum atomic E-state index is 6.63. The van der Waals surface area contributed by atoms with E-state index in [0.29, 0.717) is 37.9 Å². The molecule has 2 atom stereocenters. The first-order valence-electron chi connectivity index (χ1n) is 16.2. The molecule has 4 heteroatoms. The zero-order chi connectivity index (χ0) is 31.7. The van der Waals surface area contributed by atoms with E-state index < -0.39 is 5.41 Å². The Bertz CT molecular complexity index is 1510. The van der Waals surface area contributed by atoms with Crippen molar-refractivity contribution in [3.8, 4) is 0 Å². The van der Waals surface area contributed by atoms with Crippen LogP contribution in [0.15, 0.2) is 119 Å². The van der Waals surface area contributed by atoms with Crippen molar-refractivity contribution in [3.63, 3.8) is 0 Å². The summed E-state index contributed by atoms with van der Waals surface area (Å²) in [7, 11) is 0. The minimum atomic E-state index is -0.709. The molecule has 4 nitrogen and oxygen atoms in total. The molecule has 0 saturated carbocycles. The predicted octanol–water partition coefficient (Wildman–Crippen LogP) is 9.39. The van der Waals surface area contributed by atoms with Gasteiger partial charge in [0.15, 0.2) is 0 Å². The summed E-state index contributed by atoms with van der Waals surface area (Å²) in [6.07, 6.45) is 1.33. The van der Waals surface area contributed by atoms with Crippen LogP contribution in [0.3, 0.4) is 0 Å². The predicted molar refractivity (Wildman–Crippen MR) is 185 cm³/mol. The van der Waals surface area contributed by atoms with Gasteiger partial charge in [-0.3, -0.25) is 0 Å². The van der Waals surface area contributed by atoms with Crippen molar-refractivity contribution in [1.29, 1.82) is 0 Å². The van der Waals surface area contributed by atoms with E-state index in [-0.39, 0.29) is 22.9 Å². The average Bonchev–Trinajstić information content (AvgIpc) is 3.73. The zero-order valence-corrected chi connectivity index (χ0v) is 27.6. The smallest absolute Gasteiger partial charge is 0.200 e. The van der Waals surface area contributed by atoms with E-state index in [4.69, 9.17) is 19.5 Å². The Morgan fingerprint density at radius 1 is 0.511 bits per heavy atom. The summed E-state index contributed by atoms with van der Waals surface area (Å²) in [5, 5.41) is 0. The first-order valence-corrected chi connectivity index (χ1v) is 16.2. The molecule has 0 fully saturated rings. The van der Waals surface area contributed by atoms with E-state index >= 15 is 0 Å². The second-order valence-electron chi connectivity index (χ2n) is 14.7. The second kappa shape index (κ2) is 12.3. The van der Waals surface area contributed by atoms with E-state index in [0.717, 1.165) is 11.1 Å². The molecule has 0 amide bonds.